The van der Waals surface area contributed by atoms with E-state index < -0.39 is 6.10 Å². The van der Waals surface area contributed by atoms with Gasteiger partial charge in [-0.1, -0.05) is 18.3 Å². The Hall–Kier alpha value is -0.520. The van der Waals surface area contributed by atoms with Crippen molar-refractivity contribution in [1.29, 1.82) is 0 Å². The maximum atomic E-state index is 9.76. The highest BCUT2D eigenvalue weighted by Gasteiger charge is 2.29. The van der Waals surface area contributed by atoms with Gasteiger partial charge in [-0.3, -0.25) is 0 Å². The fourth-order valence-corrected chi connectivity index (χ4v) is 1.28. The third-order valence-corrected chi connectivity index (χ3v) is 2.45. The van der Waals surface area contributed by atoms with Crippen molar-refractivity contribution < 1.29 is 5.11 Å². The predicted octanol–water partition coefficient (Wildman–Crippen LogP) is 0.556. The molecule has 0 fully saturated rings. The second-order valence-corrected chi connectivity index (χ2v) is 4.03. The summed E-state index contributed by atoms with van der Waals surface area (Å²) in [7, 11) is 0. The van der Waals surface area contributed by atoms with Gasteiger partial charge in [-0.2, -0.15) is 0 Å². The summed E-state index contributed by atoms with van der Waals surface area (Å²) in [5, 5.41) is 15.3. The fourth-order valence-electron chi connectivity index (χ4n) is 0.803. The Kier molecular flexibility index (Phi) is 2.76. The molecule has 0 amide bonds. The molecule has 68 valence electrons. The molecule has 0 radical (unpaired) electrons. The standard InChI is InChI=1S/C7H13N3OS/c1-7(2,4-8)6(11)5-3-12-10-9-5/h3,6,11H,4,8H2,1-2H3. The van der Waals surface area contributed by atoms with Gasteiger partial charge in [-0.25, -0.2) is 0 Å². The Balaban J connectivity index is 2.78. The summed E-state index contributed by atoms with van der Waals surface area (Å²) < 4.78 is 3.68. The van der Waals surface area contributed by atoms with Crippen LogP contribution in [-0.4, -0.2) is 21.2 Å². The highest BCUT2D eigenvalue weighted by atomic mass is 32.1. The van der Waals surface area contributed by atoms with Gasteiger partial charge in [0.05, 0.1) is 0 Å². The molecule has 1 rings (SSSR count). The molecule has 1 heterocycles. The lowest BCUT2D eigenvalue weighted by molar-refractivity contribution is 0.0518. The van der Waals surface area contributed by atoms with Crippen LogP contribution in [0.5, 0.6) is 0 Å². The Morgan fingerprint density at radius 3 is 2.83 bits per heavy atom. The molecule has 0 aromatic carbocycles. The maximum absolute atomic E-state index is 9.76. The molecule has 1 aromatic heterocycles. The van der Waals surface area contributed by atoms with Gasteiger partial charge < -0.3 is 10.8 Å². The van der Waals surface area contributed by atoms with Crippen molar-refractivity contribution in [2.75, 3.05) is 6.54 Å². The summed E-state index contributed by atoms with van der Waals surface area (Å²) in [6, 6.07) is 0. The largest absolute Gasteiger partial charge is 0.386 e. The van der Waals surface area contributed by atoms with Crippen LogP contribution < -0.4 is 5.73 Å². The van der Waals surface area contributed by atoms with E-state index in [1.165, 1.54) is 11.5 Å². The highest BCUT2D eigenvalue weighted by Crippen LogP contribution is 2.30. The minimum Gasteiger partial charge on any atom is -0.386 e. The molecule has 1 atom stereocenters. The number of hydrogen-bond acceptors (Lipinski definition) is 5. The third kappa shape index (κ3) is 1.80. The van der Waals surface area contributed by atoms with Gasteiger partial charge in [0.25, 0.3) is 0 Å². The van der Waals surface area contributed by atoms with Crippen LogP contribution in [0.1, 0.15) is 25.6 Å². The maximum Gasteiger partial charge on any atom is 0.105 e. The molecule has 4 nitrogen and oxygen atoms in total. The second-order valence-electron chi connectivity index (χ2n) is 3.43. The minimum absolute atomic E-state index is 0.338. The number of aromatic nitrogens is 2. The van der Waals surface area contributed by atoms with Crippen molar-refractivity contribution in [1.82, 2.24) is 9.59 Å². The lowest BCUT2D eigenvalue weighted by atomic mass is 9.85. The topological polar surface area (TPSA) is 72.0 Å². The second kappa shape index (κ2) is 3.47. The van der Waals surface area contributed by atoms with Crippen molar-refractivity contribution >= 4 is 11.5 Å². The molecular formula is C7H13N3OS. The van der Waals surface area contributed by atoms with Crippen molar-refractivity contribution in [2.45, 2.75) is 20.0 Å². The highest BCUT2D eigenvalue weighted by molar-refractivity contribution is 7.03. The van der Waals surface area contributed by atoms with Gasteiger partial charge in [-0.15, -0.1) is 5.10 Å². The van der Waals surface area contributed by atoms with E-state index in [0.29, 0.717) is 12.2 Å². The van der Waals surface area contributed by atoms with E-state index in [-0.39, 0.29) is 5.41 Å². The Morgan fingerprint density at radius 1 is 1.75 bits per heavy atom. The van der Waals surface area contributed by atoms with Crippen LogP contribution in [0.4, 0.5) is 0 Å². The number of hydrogen-bond donors (Lipinski definition) is 2. The quantitative estimate of drug-likeness (QED) is 0.725. The van der Waals surface area contributed by atoms with Gasteiger partial charge in [0.1, 0.15) is 11.8 Å². The smallest absolute Gasteiger partial charge is 0.105 e. The summed E-state index contributed by atoms with van der Waals surface area (Å²) >= 11 is 1.23. The van der Waals surface area contributed by atoms with E-state index in [1.54, 1.807) is 5.38 Å². The van der Waals surface area contributed by atoms with Gasteiger partial charge in [0, 0.05) is 17.3 Å². The van der Waals surface area contributed by atoms with E-state index in [2.05, 4.69) is 9.59 Å². The van der Waals surface area contributed by atoms with E-state index >= 15 is 0 Å². The molecule has 5 heteroatoms. The summed E-state index contributed by atoms with van der Waals surface area (Å²) in [5.74, 6) is 0. The molecular weight excluding hydrogens is 174 g/mol. The van der Waals surface area contributed by atoms with Crippen molar-refractivity contribution in [3.63, 3.8) is 0 Å². The van der Waals surface area contributed by atoms with Crippen LogP contribution in [0.25, 0.3) is 0 Å². The van der Waals surface area contributed by atoms with Crippen LogP contribution in [0.3, 0.4) is 0 Å². The normalized spacial score (nSPS) is 14.7. The third-order valence-electron chi connectivity index (χ3n) is 1.92. The molecule has 0 saturated heterocycles. The number of aliphatic hydroxyl groups is 1. The van der Waals surface area contributed by atoms with Crippen LogP contribution in [0, 0.1) is 5.41 Å². The summed E-state index contributed by atoms with van der Waals surface area (Å²) in [6.45, 7) is 4.22. The van der Waals surface area contributed by atoms with Crippen LogP contribution in [0.2, 0.25) is 0 Å². The summed E-state index contributed by atoms with van der Waals surface area (Å²) in [5.41, 5.74) is 5.78. The van der Waals surface area contributed by atoms with Crippen molar-refractivity contribution in [3.8, 4) is 0 Å². The van der Waals surface area contributed by atoms with Gasteiger partial charge in [0.2, 0.25) is 0 Å². The van der Waals surface area contributed by atoms with Crippen LogP contribution >= 0.6 is 11.5 Å². The van der Waals surface area contributed by atoms with E-state index in [4.69, 9.17) is 5.73 Å². The molecule has 1 unspecified atom stereocenters. The minimum atomic E-state index is -0.624. The molecule has 0 aliphatic heterocycles. The lowest BCUT2D eigenvalue weighted by Crippen LogP contribution is -2.30. The molecule has 1 aromatic rings. The van der Waals surface area contributed by atoms with Gasteiger partial charge in [0.15, 0.2) is 0 Å². The first-order valence-electron chi connectivity index (χ1n) is 3.73. The first kappa shape index (κ1) is 9.57. The Morgan fingerprint density at radius 2 is 2.42 bits per heavy atom. The number of rotatable bonds is 3. The van der Waals surface area contributed by atoms with Crippen LogP contribution in [0.15, 0.2) is 5.38 Å². The molecule has 0 bridgehead atoms. The Labute approximate surface area is 75.6 Å². The van der Waals surface area contributed by atoms with Gasteiger partial charge >= 0.3 is 0 Å². The van der Waals surface area contributed by atoms with Crippen molar-refractivity contribution in [3.05, 3.63) is 11.1 Å². The zero-order valence-electron chi connectivity index (χ0n) is 7.19. The monoisotopic (exact) mass is 187 g/mol. The number of aliphatic hydroxyl groups excluding tert-OH is 1. The van der Waals surface area contributed by atoms with Crippen molar-refractivity contribution in [2.24, 2.45) is 11.1 Å². The summed E-state index contributed by atoms with van der Waals surface area (Å²) in [4.78, 5) is 0. The number of nitrogens with zero attached hydrogens (tertiary/aromatic N) is 2. The predicted molar refractivity (Wildman–Crippen MR) is 47.7 cm³/mol. The van der Waals surface area contributed by atoms with E-state index in [0.717, 1.165) is 0 Å². The molecule has 12 heavy (non-hydrogen) atoms. The average Bonchev–Trinajstić information content (AvgIpc) is 2.55. The SMILES string of the molecule is CC(C)(CN)C(O)c1csnn1. The molecule has 0 saturated carbocycles. The Bertz CT molecular complexity index is 235. The molecule has 3 N–H and O–H groups in total. The lowest BCUT2D eigenvalue weighted by Gasteiger charge is -2.27. The van der Waals surface area contributed by atoms with E-state index in [9.17, 15) is 5.11 Å². The zero-order valence-corrected chi connectivity index (χ0v) is 8.01. The van der Waals surface area contributed by atoms with Gasteiger partial charge in [-0.05, 0) is 11.5 Å². The summed E-state index contributed by atoms with van der Waals surface area (Å²) in [6.07, 6.45) is -0.624. The zero-order chi connectivity index (χ0) is 9.19. The first-order valence-corrected chi connectivity index (χ1v) is 4.56. The molecule has 0 aliphatic rings. The first-order chi connectivity index (χ1) is 5.58. The molecule has 0 aliphatic carbocycles. The molecule has 0 spiro atoms. The fraction of sp³-hybridized carbons (Fsp3) is 0.714. The average molecular weight is 187 g/mol. The van der Waals surface area contributed by atoms with E-state index in [1.807, 2.05) is 13.8 Å². The van der Waals surface area contributed by atoms with Crippen LogP contribution in [-0.2, 0) is 0 Å². The number of nitrogens with two attached hydrogens (primary N) is 1.